The van der Waals surface area contributed by atoms with E-state index >= 15 is 0 Å². The molecule has 0 radical (unpaired) electrons. The first-order chi connectivity index (χ1) is 6.14. The maximum absolute atomic E-state index is 5.39. The van der Waals surface area contributed by atoms with Crippen molar-refractivity contribution in [2.24, 2.45) is 5.16 Å². The summed E-state index contributed by atoms with van der Waals surface area (Å²) < 4.78 is 0. The summed E-state index contributed by atoms with van der Waals surface area (Å²) in [5.74, 6) is 0. The zero-order valence-corrected chi connectivity index (χ0v) is 8.68. The molecular weight excluding hydrogens is 162 g/mol. The maximum atomic E-state index is 5.39. The minimum Gasteiger partial charge on any atom is -0.386 e. The highest BCUT2D eigenvalue weighted by Gasteiger charge is 2.14. The molecule has 0 unspecified atom stereocenters. The Morgan fingerprint density at radius 1 is 1.31 bits per heavy atom. The van der Waals surface area contributed by atoms with Crippen molar-refractivity contribution in [1.29, 1.82) is 0 Å². The van der Waals surface area contributed by atoms with Crippen molar-refractivity contribution >= 4 is 5.71 Å². The lowest BCUT2D eigenvalue weighted by Crippen LogP contribution is -2.19. The number of nitrogens with zero attached hydrogens (tertiary/aromatic N) is 1. The number of hydrogen-bond acceptors (Lipinski definition) is 2. The van der Waals surface area contributed by atoms with Gasteiger partial charge in [0, 0.05) is 0 Å². The van der Waals surface area contributed by atoms with Gasteiger partial charge in [0.05, 0.1) is 5.71 Å². The molecule has 0 heterocycles. The van der Waals surface area contributed by atoms with Crippen LogP contribution in [0.5, 0.6) is 0 Å². The molecule has 0 atom stereocenters. The zero-order chi connectivity index (χ0) is 9.73. The van der Waals surface area contributed by atoms with Gasteiger partial charge < -0.3 is 4.84 Å². The highest BCUT2D eigenvalue weighted by Crippen LogP contribution is 2.17. The second-order valence-corrected chi connectivity index (χ2v) is 4.12. The summed E-state index contributed by atoms with van der Waals surface area (Å²) in [6.07, 6.45) is 7.84. The van der Waals surface area contributed by atoms with Gasteiger partial charge in [-0.2, -0.15) is 0 Å². The Kier molecular flexibility index (Phi) is 3.52. The average molecular weight is 181 g/mol. The van der Waals surface area contributed by atoms with Gasteiger partial charge in [0.25, 0.3) is 0 Å². The lowest BCUT2D eigenvalue weighted by molar-refractivity contribution is 0.0234. The first-order valence-corrected chi connectivity index (χ1v) is 5.01. The summed E-state index contributed by atoms with van der Waals surface area (Å²) in [7, 11) is 0. The van der Waals surface area contributed by atoms with Crippen LogP contribution in [-0.2, 0) is 4.84 Å². The Hall–Kier alpha value is -0.790. The van der Waals surface area contributed by atoms with E-state index in [4.69, 9.17) is 4.84 Å². The lowest BCUT2D eigenvalue weighted by Gasteiger charge is -2.19. The van der Waals surface area contributed by atoms with Gasteiger partial charge in [-0.1, -0.05) is 18.2 Å². The van der Waals surface area contributed by atoms with Crippen molar-refractivity contribution in [3.63, 3.8) is 0 Å². The van der Waals surface area contributed by atoms with Crippen LogP contribution in [0, 0.1) is 0 Å². The largest absolute Gasteiger partial charge is 0.386 e. The first-order valence-electron chi connectivity index (χ1n) is 5.01. The summed E-state index contributed by atoms with van der Waals surface area (Å²) >= 11 is 0. The van der Waals surface area contributed by atoms with Gasteiger partial charge in [-0.3, -0.25) is 0 Å². The lowest BCUT2D eigenvalue weighted by atomic mass is 9.99. The van der Waals surface area contributed by atoms with Crippen molar-refractivity contribution in [3.05, 3.63) is 12.7 Å². The van der Waals surface area contributed by atoms with E-state index in [9.17, 15) is 0 Å². The molecule has 0 aromatic carbocycles. The van der Waals surface area contributed by atoms with E-state index in [0.717, 1.165) is 12.8 Å². The topological polar surface area (TPSA) is 21.6 Å². The highest BCUT2D eigenvalue weighted by atomic mass is 16.6. The summed E-state index contributed by atoms with van der Waals surface area (Å²) in [5, 5.41) is 4.17. The number of hydrogen-bond donors (Lipinski definition) is 0. The van der Waals surface area contributed by atoms with Crippen molar-refractivity contribution in [2.45, 2.75) is 51.6 Å². The molecule has 0 saturated heterocycles. The van der Waals surface area contributed by atoms with Gasteiger partial charge in [0.2, 0.25) is 0 Å². The quantitative estimate of drug-likeness (QED) is 0.483. The van der Waals surface area contributed by atoms with Crippen LogP contribution < -0.4 is 0 Å². The van der Waals surface area contributed by atoms with Gasteiger partial charge in [-0.05, 0) is 45.6 Å². The molecule has 0 aliphatic heterocycles. The van der Waals surface area contributed by atoms with Gasteiger partial charge in [-0.15, -0.1) is 0 Å². The summed E-state index contributed by atoms with van der Waals surface area (Å²) in [6, 6.07) is 0. The highest BCUT2D eigenvalue weighted by molar-refractivity contribution is 5.84. The molecule has 1 aliphatic carbocycles. The standard InChI is InChI=1S/C11H19NO/c1-4-11(2,3)13-12-10-8-6-5-7-9-10/h4H,1,5-9H2,2-3H3. The van der Waals surface area contributed by atoms with E-state index in [1.165, 1.54) is 25.0 Å². The van der Waals surface area contributed by atoms with Crippen LogP contribution in [-0.4, -0.2) is 11.3 Å². The third-order valence-corrected chi connectivity index (χ3v) is 2.33. The summed E-state index contributed by atoms with van der Waals surface area (Å²) in [4.78, 5) is 5.39. The van der Waals surface area contributed by atoms with Gasteiger partial charge in [0.15, 0.2) is 0 Å². The predicted octanol–water partition coefficient (Wildman–Crippen LogP) is 3.29. The monoisotopic (exact) mass is 181 g/mol. The summed E-state index contributed by atoms with van der Waals surface area (Å²) in [6.45, 7) is 7.63. The van der Waals surface area contributed by atoms with Crippen LogP contribution in [0.4, 0.5) is 0 Å². The van der Waals surface area contributed by atoms with Crippen LogP contribution in [0.15, 0.2) is 17.8 Å². The fourth-order valence-corrected chi connectivity index (χ4v) is 1.27. The van der Waals surface area contributed by atoms with Crippen molar-refractivity contribution in [1.82, 2.24) is 0 Å². The van der Waals surface area contributed by atoms with Gasteiger partial charge >= 0.3 is 0 Å². The SMILES string of the molecule is C=CC(C)(C)ON=C1CCCCC1. The predicted molar refractivity (Wildman–Crippen MR) is 55.9 cm³/mol. The molecule has 0 aromatic heterocycles. The first kappa shape index (κ1) is 10.3. The van der Waals surface area contributed by atoms with Gasteiger partial charge in [0.1, 0.15) is 5.60 Å². The molecule has 1 fully saturated rings. The molecule has 1 aliphatic rings. The molecule has 0 amide bonds. The Bertz CT molecular complexity index is 198. The normalized spacial score (nSPS) is 18.2. The van der Waals surface area contributed by atoms with Crippen molar-refractivity contribution in [3.8, 4) is 0 Å². The third kappa shape index (κ3) is 3.62. The second-order valence-electron chi connectivity index (χ2n) is 4.12. The fourth-order valence-electron chi connectivity index (χ4n) is 1.27. The van der Waals surface area contributed by atoms with Crippen LogP contribution in [0.25, 0.3) is 0 Å². The molecular formula is C11H19NO. The smallest absolute Gasteiger partial charge is 0.150 e. The molecule has 0 bridgehead atoms. The van der Waals surface area contributed by atoms with E-state index in [1.807, 2.05) is 13.8 Å². The molecule has 0 aromatic rings. The van der Waals surface area contributed by atoms with Crippen molar-refractivity contribution < 1.29 is 4.84 Å². The van der Waals surface area contributed by atoms with E-state index < -0.39 is 0 Å². The van der Waals surface area contributed by atoms with Gasteiger partial charge in [-0.25, -0.2) is 0 Å². The molecule has 2 nitrogen and oxygen atoms in total. The Balaban J connectivity index is 2.41. The van der Waals surface area contributed by atoms with E-state index in [0.29, 0.717) is 0 Å². The number of rotatable bonds is 3. The van der Waals surface area contributed by atoms with Crippen LogP contribution in [0.3, 0.4) is 0 Å². The Labute approximate surface area is 80.7 Å². The van der Waals surface area contributed by atoms with Crippen LogP contribution in [0.1, 0.15) is 46.0 Å². The average Bonchev–Trinajstić information content (AvgIpc) is 2.17. The minimum absolute atomic E-state index is 0.329. The van der Waals surface area contributed by atoms with E-state index in [-0.39, 0.29) is 5.60 Å². The fraction of sp³-hybridized carbons (Fsp3) is 0.727. The van der Waals surface area contributed by atoms with Crippen molar-refractivity contribution in [2.75, 3.05) is 0 Å². The Morgan fingerprint density at radius 3 is 2.46 bits per heavy atom. The Morgan fingerprint density at radius 2 is 1.92 bits per heavy atom. The minimum atomic E-state index is -0.329. The zero-order valence-electron chi connectivity index (χ0n) is 8.68. The van der Waals surface area contributed by atoms with Crippen LogP contribution >= 0.6 is 0 Å². The van der Waals surface area contributed by atoms with E-state index in [2.05, 4.69) is 11.7 Å². The molecule has 1 saturated carbocycles. The van der Waals surface area contributed by atoms with E-state index in [1.54, 1.807) is 6.08 Å². The maximum Gasteiger partial charge on any atom is 0.150 e. The number of oxime groups is 1. The molecule has 13 heavy (non-hydrogen) atoms. The summed E-state index contributed by atoms with van der Waals surface area (Å²) in [5.41, 5.74) is 0.880. The molecule has 74 valence electrons. The third-order valence-electron chi connectivity index (χ3n) is 2.33. The second kappa shape index (κ2) is 4.45. The van der Waals surface area contributed by atoms with Crippen LogP contribution in [0.2, 0.25) is 0 Å². The molecule has 0 spiro atoms. The molecule has 1 rings (SSSR count). The molecule has 0 N–H and O–H groups in total. The molecule has 2 heteroatoms.